The maximum atomic E-state index is 5.42. The van der Waals surface area contributed by atoms with Crippen molar-refractivity contribution in [1.82, 2.24) is 20.0 Å². The van der Waals surface area contributed by atoms with Crippen LogP contribution >= 0.6 is 11.3 Å². The molecule has 4 heterocycles. The maximum absolute atomic E-state index is 5.42. The molecule has 1 aliphatic rings. The highest BCUT2D eigenvalue weighted by molar-refractivity contribution is 7.15. The molecule has 0 spiro atoms. The highest BCUT2D eigenvalue weighted by Crippen LogP contribution is 2.29. The molecular formula is C18H20N4OS. The lowest BCUT2D eigenvalue weighted by Gasteiger charge is -2.18. The molecule has 0 bridgehead atoms. The fourth-order valence-corrected chi connectivity index (χ4v) is 3.99. The molecule has 1 saturated heterocycles. The summed E-state index contributed by atoms with van der Waals surface area (Å²) in [5.74, 6) is 1.11. The maximum Gasteiger partial charge on any atom is 0.268 e. The Bertz CT molecular complexity index is 775. The van der Waals surface area contributed by atoms with E-state index in [4.69, 9.17) is 4.52 Å². The van der Waals surface area contributed by atoms with Crippen LogP contribution < -0.4 is 0 Å². The van der Waals surface area contributed by atoms with Crippen LogP contribution in [-0.2, 0) is 6.54 Å². The molecule has 0 aliphatic carbocycles. The molecule has 24 heavy (non-hydrogen) atoms. The molecule has 124 valence electrons. The highest BCUT2D eigenvalue weighted by atomic mass is 32.1. The summed E-state index contributed by atoms with van der Waals surface area (Å²) in [6, 6.07) is 9.93. The fourth-order valence-electron chi connectivity index (χ4n) is 3.02. The van der Waals surface area contributed by atoms with Gasteiger partial charge in [-0.2, -0.15) is 4.98 Å². The molecule has 0 N–H and O–H groups in total. The smallest absolute Gasteiger partial charge is 0.268 e. The molecule has 0 aromatic carbocycles. The Labute approximate surface area is 145 Å². The van der Waals surface area contributed by atoms with Gasteiger partial charge in [0, 0.05) is 17.6 Å². The van der Waals surface area contributed by atoms with E-state index in [2.05, 4.69) is 32.2 Å². The van der Waals surface area contributed by atoms with Gasteiger partial charge in [0.25, 0.3) is 5.89 Å². The topological polar surface area (TPSA) is 55.1 Å². The van der Waals surface area contributed by atoms with Crippen LogP contribution in [0.4, 0.5) is 0 Å². The number of hydrogen-bond donors (Lipinski definition) is 0. The molecule has 0 amide bonds. The summed E-state index contributed by atoms with van der Waals surface area (Å²) in [5, 5.41) is 4.05. The third-order valence-corrected chi connectivity index (χ3v) is 5.33. The van der Waals surface area contributed by atoms with Crippen LogP contribution in [0, 0.1) is 0 Å². The summed E-state index contributed by atoms with van der Waals surface area (Å²) >= 11 is 1.74. The standard InChI is InChI=1S/C18H20N4OS/c1-2-6-12-22(11-5-1)13-14-8-9-16(24-14)18-20-17(21-23-18)15-7-3-4-10-19-15/h3-4,7-10H,1-2,5-6,11-13H2. The summed E-state index contributed by atoms with van der Waals surface area (Å²) in [6.07, 6.45) is 7.09. The van der Waals surface area contributed by atoms with Crippen molar-refractivity contribution < 1.29 is 4.52 Å². The second kappa shape index (κ2) is 7.23. The summed E-state index contributed by atoms with van der Waals surface area (Å²) < 4.78 is 5.42. The van der Waals surface area contributed by atoms with E-state index >= 15 is 0 Å². The normalized spacial score (nSPS) is 16.2. The summed E-state index contributed by atoms with van der Waals surface area (Å²) in [6.45, 7) is 3.43. The van der Waals surface area contributed by atoms with E-state index in [-0.39, 0.29) is 0 Å². The zero-order chi connectivity index (χ0) is 16.2. The van der Waals surface area contributed by atoms with E-state index in [1.54, 1.807) is 17.5 Å². The Morgan fingerprint density at radius 3 is 2.71 bits per heavy atom. The zero-order valence-electron chi connectivity index (χ0n) is 13.5. The van der Waals surface area contributed by atoms with Gasteiger partial charge in [0.2, 0.25) is 5.82 Å². The van der Waals surface area contributed by atoms with Gasteiger partial charge in [0.15, 0.2) is 0 Å². The van der Waals surface area contributed by atoms with Gasteiger partial charge < -0.3 is 4.52 Å². The third-order valence-electron chi connectivity index (χ3n) is 4.27. The van der Waals surface area contributed by atoms with Gasteiger partial charge in [-0.1, -0.05) is 24.1 Å². The molecule has 5 nitrogen and oxygen atoms in total. The quantitative estimate of drug-likeness (QED) is 0.711. The van der Waals surface area contributed by atoms with E-state index < -0.39 is 0 Å². The summed E-state index contributed by atoms with van der Waals surface area (Å²) in [4.78, 5) is 13.7. The monoisotopic (exact) mass is 340 g/mol. The minimum atomic E-state index is 0.535. The average Bonchev–Trinajstić information content (AvgIpc) is 3.21. The Hall–Kier alpha value is -2.05. The molecule has 0 saturated carbocycles. The summed E-state index contributed by atoms with van der Waals surface area (Å²) in [5.41, 5.74) is 0.730. The minimum absolute atomic E-state index is 0.535. The number of hydrogen-bond acceptors (Lipinski definition) is 6. The van der Waals surface area contributed by atoms with Gasteiger partial charge in [0.1, 0.15) is 5.69 Å². The first kappa shape index (κ1) is 15.5. The van der Waals surface area contributed by atoms with Crippen molar-refractivity contribution >= 4 is 11.3 Å². The van der Waals surface area contributed by atoms with Crippen molar-refractivity contribution in [1.29, 1.82) is 0 Å². The van der Waals surface area contributed by atoms with Gasteiger partial charge in [0.05, 0.1) is 4.88 Å². The molecule has 6 heteroatoms. The molecule has 0 radical (unpaired) electrons. The van der Waals surface area contributed by atoms with Crippen molar-refractivity contribution in [3.8, 4) is 22.3 Å². The first-order valence-electron chi connectivity index (χ1n) is 8.45. The van der Waals surface area contributed by atoms with Crippen LogP contribution in [0.15, 0.2) is 41.1 Å². The fraction of sp³-hybridized carbons (Fsp3) is 0.389. The first-order valence-corrected chi connectivity index (χ1v) is 9.27. The van der Waals surface area contributed by atoms with Gasteiger partial charge in [-0.15, -0.1) is 11.3 Å². The second-order valence-corrected chi connectivity index (χ2v) is 7.26. The van der Waals surface area contributed by atoms with E-state index in [0.717, 1.165) is 17.1 Å². The number of nitrogens with zero attached hydrogens (tertiary/aromatic N) is 4. The van der Waals surface area contributed by atoms with Gasteiger partial charge in [-0.3, -0.25) is 9.88 Å². The Kier molecular flexibility index (Phi) is 4.66. The molecular weight excluding hydrogens is 320 g/mol. The van der Waals surface area contributed by atoms with Crippen molar-refractivity contribution in [2.24, 2.45) is 0 Å². The third kappa shape index (κ3) is 3.55. The van der Waals surface area contributed by atoms with Gasteiger partial charge in [-0.05, 0) is 50.2 Å². The largest absolute Gasteiger partial charge is 0.333 e. The molecule has 0 atom stereocenters. The number of aromatic nitrogens is 3. The van der Waals surface area contributed by atoms with Crippen molar-refractivity contribution in [3.05, 3.63) is 41.4 Å². The van der Waals surface area contributed by atoms with Gasteiger partial charge >= 0.3 is 0 Å². The minimum Gasteiger partial charge on any atom is -0.333 e. The lowest BCUT2D eigenvalue weighted by Crippen LogP contribution is -2.23. The number of rotatable bonds is 4. The second-order valence-electron chi connectivity index (χ2n) is 6.09. The predicted molar refractivity (Wildman–Crippen MR) is 94.6 cm³/mol. The Balaban J connectivity index is 1.47. The van der Waals surface area contributed by atoms with Crippen molar-refractivity contribution in [3.63, 3.8) is 0 Å². The van der Waals surface area contributed by atoms with Crippen LogP contribution in [0.25, 0.3) is 22.3 Å². The number of likely N-dealkylation sites (tertiary alicyclic amines) is 1. The summed E-state index contributed by atoms with van der Waals surface area (Å²) in [7, 11) is 0. The Morgan fingerprint density at radius 1 is 1.04 bits per heavy atom. The van der Waals surface area contributed by atoms with E-state index in [9.17, 15) is 0 Å². The molecule has 1 aliphatic heterocycles. The zero-order valence-corrected chi connectivity index (χ0v) is 14.3. The van der Waals surface area contributed by atoms with Crippen molar-refractivity contribution in [2.75, 3.05) is 13.1 Å². The molecule has 1 fully saturated rings. The average molecular weight is 340 g/mol. The molecule has 4 rings (SSSR count). The lowest BCUT2D eigenvalue weighted by molar-refractivity contribution is 0.279. The SMILES string of the molecule is c1ccc(-c2noc(-c3ccc(CN4CCCCCC4)s3)n2)nc1. The lowest BCUT2D eigenvalue weighted by atomic mass is 10.2. The molecule has 3 aromatic rings. The highest BCUT2D eigenvalue weighted by Gasteiger charge is 2.15. The number of thiophene rings is 1. The van der Waals surface area contributed by atoms with E-state index in [0.29, 0.717) is 11.7 Å². The Morgan fingerprint density at radius 2 is 1.92 bits per heavy atom. The van der Waals surface area contributed by atoms with E-state index in [1.807, 2.05) is 18.2 Å². The van der Waals surface area contributed by atoms with Crippen LogP contribution in [0.5, 0.6) is 0 Å². The van der Waals surface area contributed by atoms with Gasteiger partial charge in [-0.25, -0.2) is 0 Å². The molecule has 3 aromatic heterocycles. The predicted octanol–water partition coefficient (Wildman–Crippen LogP) is 4.24. The van der Waals surface area contributed by atoms with Crippen molar-refractivity contribution in [2.45, 2.75) is 32.2 Å². The van der Waals surface area contributed by atoms with Crippen LogP contribution in [-0.4, -0.2) is 33.1 Å². The van der Waals surface area contributed by atoms with E-state index in [1.165, 1.54) is 43.6 Å². The number of pyridine rings is 1. The first-order chi connectivity index (χ1) is 11.9. The van der Waals surface area contributed by atoms with Crippen LogP contribution in [0.3, 0.4) is 0 Å². The molecule has 0 unspecified atom stereocenters. The van der Waals surface area contributed by atoms with Crippen LogP contribution in [0.1, 0.15) is 30.6 Å². The van der Waals surface area contributed by atoms with Crippen LogP contribution in [0.2, 0.25) is 0 Å².